The summed E-state index contributed by atoms with van der Waals surface area (Å²) in [5.74, 6) is -0.248. The standard InChI is InChI=1S/C10H7BrFNS/c1-6-5-14-10(13-6)7-2-3-9(12)8(11)4-7/h2-5H,1H3. The molecular formula is C10H7BrFNS. The lowest BCUT2D eigenvalue weighted by atomic mass is 10.2. The average Bonchev–Trinajstić information content (AvgIpc) is 2.57. The molecule has 14 heavy (non-hydrogen) atoms. The lowest BCUT2D eigenvalue weighted by Gasteiger charge is -1.98. The molecule has 72 valence electrons. The van der Waals surface area contributed by atoms with E-state index in [1.54, 1.807) is 23.5 Å². The van der Waals surface area contributed by atoms with E-state index in [4.69, 9.17) is 0 Å². The molecule has 0 unspecified atom stereocenters. The first-order valence-corrected chi connectivity index (χ1v) is 5.71. The Hall–Kier alpha value is -0.740. The summed E-state index contributed by atoms with van der Waals surface area (Å²) in [4.78, 5) is 4.33. The Balaban J connectivity index is 2.47. The van der Waals surface area contributed by atoms with Crippen molar-refractivity contribution in [1.29, 1.82) is 0 Å². The molecule has 0 aliphatic heterocycles. The zero-order chi connectivity index (χ0) is 10.1. The predicted molar refractivity (Wildman–Crippen MR) is 59.9 cm³/mol. The zero-order valence-electron chi connectivity index (χ0n) is 7.42. The molecule has 0 aliphatic rings. The van der Waals surface area contributed by atoms with E-state index in [1.807, 2.05) is 12.3 Å². The van der Waals surface area contributed by atoms with Crippen LogP contribution in [0.3, 0.4) is 0 Å². The van der Waals surface area contributed by atoms with Crippen molar-refractivity contribution in [2.24, 2.45) is 0 Å². The van der Waals surface area contributed by atoms with E-state index in [2.05, 4.69) is 20.9 Å². The monoisotopic (exact) mass is 271 g/mol. The summed E-state index contributed by atoms with van der Waals surface area (Å²) in [5.41, 5.74) is 1.93. The van der Waals surface area contributed by atoms with Crippen LogP contribution < -0.4 is 0 Å². The van der Waals surface area contributed by atoms with E-state index in [-0.39, 0.29) is 5.82 Å². The Morgan fingerprint density at radius 1 is 1.43 bits per heavy atom. The van der Waals surface area contributed by atoms with Crippen LogP contribution in [-0.2, 0) is 0 Å². The molecule has 2 rings (SSSR count). The van der Waals surface area contributed by atoms with E-state index >= 15 is 0 Å². The van der Waals surface area contributed by atoms with Crippen molar-refractivity contribution in [2.45, 2.75) is 6.92 Å². The first-order valence-electron chi connectivity index (χ1n) is 4.04. The van der Waals surface area contributed by atoms with Crippen LogP contribution >= 0.6 is 27.3 Å². The van der Waals surface area contributed by atoms with Gasteiger partial charge in [0.25, 0.3) is 0 Å². The normalized spacial score (nSPS) is 10.5. The van der Waals surface area contributed by atoms with Gasteiger partial charge in [-0.3, -0.25) is 0 Å². The van der Waals surface area contributed by atoms with Crippen LogP contribution in [0.1, 0.15) is 5.69 Å². The molecule has 1 heterocycles. The smallest absolute Gasteiger partial charge is 0.137 e. The van der Waals surface area contributed by atoms with Crippen molar-refractivity contribution in [3.05, 3.63) is 39.6 Å². The van der Waals surface area contributed by atoms with Gasteiger partial charge >= 0.3 is 0 Å². The minimum Gasteiger partial charge on any atom is -0.241 e. The fourth-order valence-corrected chi connectivity index (χ4v) is 2.29. The molecule has 0 atom stereocenters. The molecule has 0 amide bonds. The van der Waals surface area contributed by atoms with Gasteiger partial charge in [-0.25, -0.2) is 9.37 Å². The van der Waals surface area contributed by atoms with Crippen LogP contribution in [0.2, 0.25) is 0 Å². The fraction of sp³-hybridized carbons (Fsp3) is 0.100. The lowest BCUT2D eigenvalue weighted by molar-refractivity contribution is 0.621. The van der Waals surface area contributed by atoms with Crippen molar-refractivity contribution >= 4 is 27.3 Å². The summed E-state index contributed by atoms with van der Waals surface area (Å²) in [7, 11) is 0. The average molecular weight is 272 g/mol. The van der Waals surface area contributed by atoms with Crippen LogP contribution in [0.15, 0.2) is 28.1 Å². The Bertz CT molecular complexity index is 467. The second-order valence-electron chi connectivity index (χ2n) is 2.92. The number of rotatable bonds is 1. The number of hydrogen-bond donors (Lipinski definition) is 0. The lowest BCUT2D eigenvalue weighted by Crippen LogP contribution is -1.80. The van der Waals surface area contributed by atoms with E-state index in [0.717, 1.165) is 16.3 Å². The zero-order valence-corrected chi connectivity index (χ0v) is 9.82. The SMILES string of the molecule is Cc1csc(-c2ccc(F)c(Br)c2)n1. The van der Waals surface area contributed by atoms with E-state index in [1.165, 1.54) is 6.07 Å². The third-order valence-corrected chi connectivity index (χ3v) is 3.40. The maximum absolute atomic E-state index is 13.0. The van der Waals surface area contributed by atoms with Gasteiger partial charge in [0, 0.05) is 16.6 Å². The van der Waals surface area contributed by atoms with Crippen molar-refractivity contribution < 1.29 is 4.39 Å². The minimum atomic E-state index is -0.248. The van der Waals surface area contributed by atoms with E-state index in [9.17, 15) is 4.39 Å². The fourth-order valence-electron chi connectivity index (χ4n) is 1.12. The summed E-state index contributed by atoms with van der Waals surface area (Å²) < 4.78 is 13.4. The topological polar surface area (TPSA) is 12.9 Å². The van der Waals surface area contributed by atoms with Gasteiger partial charge in [-0.1, -0.05) is 0 Å². The molecular weight excluding hydrogens is 265 g/mol. The van der Waals surface area contributed by atoms with Crippen molar-refractivity contribution in [3.63, 3.8) is 0 Å². The van der Waals surface area contributed by atoms with Gasteiger partial charge in [0.2, 0.25) is 0 Å². The second-order valence-corrected chi connectivity index (χ2v) is 4.64. The number of aryl methyl sites for hydroxylation is 1. The first-order chi connectivity index (χ1) is 6.66. The van der Waals surface area contributed by atoms with Gasteiger partial charge in [-0.15, -0.1) is 11.3 Å². The molecule has 0 spiro atoms. The van der Waals surface area contributed by atoms with E-state index < -0.39 is 0 Å². The Kier molecular flexibility index (Phi) is 2.65. The van der Waals surface area contributed by atoms with Crippen LogP contribution in [0, 0.1) is 12.7 Å². The molecule has 0 saturated carbocycles. The quantitative estimate of drug-likeness (QED) is 0.764. The third kappa shape index (κ3) is 1.86. The molecule has 0 N–H and O–H groups in total. The highest BCUT2D eigenvalue weighted by molar-refractivity contribution is 9.10. The maximum atomic E-state index is 13.0. The summed E-state index contributed by atoms with van der Waals surface area (Å²) in [5, 5.41) is 2.90. The van der Waals surface area contributed by atoms with Gasteiger partial charge in [-0.2, -0.15) is 0 Å². The highest BCUT2D eigenvalue weighted by Gasteiger charge is 2.05. The molecule has 1 aromatic heterocycles. The van der Waals surface area contributed by atoms with Gasteiger partial charge in [-0.05, 0) is 41.1 Å². The highest BCUT2D eigenvalue weighted by atomic mass is 79.9. The first kappa shape index (κ1) is 9.80. The van der Waals surface area contributed by atoms with Crippen molar-refractivity contribution in [3.8, 4) is 10.6 Å². The molecule has 0 bridgehead atoms. The van der Waals surface area contributed by atoms with Gasteiger partial charge in [0.15, 0.2) is 0 Å². The largest absolute Gasteiger partial charge is 0.241 e. The van der Waals surface area contributed by atoms with Crippen LogP contribution in [-0.4, -0.2) is 4.98 Å². The number of halogens is 2. The second kappa shape index (κ2) is 3.79. The molecule has 0 aliphatic carbocycles. The molecule has 2 aromatic rings. The van der Waals surface area contributed by atoms with E-state index in [0.29, 0.717) is 4.47 Å². The molecule has 1 nitrogen and oxygen atoms in total. The molecule has 0 radical (unpaired) electrons. The summed E-state index contributed by atoms with van der Waals surface area (Å²) in [6, 6.07) is 4.92. The van der Waals surface area contributed by atoms with Crippen molar-refractivity contribution in [2.75, 3.05) is 0 Å². The van der Waals surface area contributed by atoms with Crippen LogP contribution in [0.4, 0.5) is 4.39 Å². The Morgan fingerprint density at radius 2 is 2.21 bits per heavy atom. The third-order valence-electron chi connectivity index (χ3n) is 1.79. The number of nitrogens with zero attached hydrogens (tertiary/aromatic N) is 1. The van der Waals surface area contributed by atoms with Gasteiger partial charge < -0.3 is 0 Å². The molecule has 0 saturated heterocycles. The summed E-state index contributed by atoms with van der Waals surface area (Å²) in [6.45, 7) is 1.94. The van der Waals surface area contributed by atoms with Gasteiger partial charge in [0.05, 0.1) is 4.47 Å². The van der Waals surface area contributed by atoms with Crippen LogP contribution in [0.25, 0.3) is 10.6 Å². The predicted octanol–water partition coefficient (Wildman–Crippen LogP) is 4.02. The molecule has 4 heteroatoms. The number of hydrogen-bond acceptors (Lipinski definition) is 2. The van der Waals surface area contributed by atoms with Crippen LogP contribution in [0.5, 0.6) is 0 Å². The Labute approximate surface area is 93.7 Å². The number of benzene rings is 1. The highest BCUT2D eigenvalue weighted by Crippen LogP contribution is 2.27. The summed E-state index contributed by atoms with van der Waals surface area (Å²) >= 11 is 4.71. The number of thiazole rings is 1. The van der Waals surface area contributed by atoms with Crippen molar-refractivity contribution in [1.82, 2.24) is 4.98 Å². The molecule has 0 fully saturated rings. The summed E-state index contributed by atoms with van der Waals surface area (Å²) in [6.07, 6.45) is 0. The molecule has 1 aromatic carbocycles. The maximum Gasteiger partial charge on any atom is 0.137 e. The van der Waals surface area contributed by atoms with Gasteiger partial charge in [0.1, 0.15) is 10.8 Å². The minimum absolute atomic E-state index is 0.248. The Morgan fingerprint density at radius 3 is 2.79 bits per heavy atom. The number of aromatic nitrogens is 1.